The van der Waals surface area contributed by atoms with Crippen molar-refractivity contribution in [2.45, 2.75) is 19.6 Å². The highest BCUT2D eigenvalue weighted by atomic mass is 32.2. The summed E-state index contributed by atoms with van der Waals surface area (Å²) in [6, 6.07) is 27.0. The molecule has 0 aromatic heterocycles. The van der Waals surface area contributed by atoms with E-state index in [0.29, 0.717) is 23.8 Å². The molecule has 4 rings (SSSR count). The van der Waals surface area contributed by atoms with Gasteiger partial charge >= 0.3 is 0 Å². The number of anilines is 1. The molecule has 0 aliphatic heterocycles. The standard InChI is InChI=1S/C29H29N3O5S/c1-21(32(38(3,34)35)25-13-17-26(36-2)18-14-25)29(33)31-30-19-22-11-15-27(16-12-22)37-20-24-9-6-8-23-7-4-5-10-28(23)24/h4-19,21H,20H2,1-3H3,(H,31,33). The summed E-state index contributed by atoms with van der Waals surface area (Å²) >= 11 is 0. The van der Waals surface area contributed by atoms with Crippen LogP contribution in [0.25, 0.3) is 10.8 Å². The van der Waals surface area contributed by atoms with E-state index in [0.717, 1.165) is 27.1 Å². The lowest BCUT2D eigenvalue weighted by Gasteiger charge is -2.27. The number of methoxy groups -OCH3 is 1. The Balaban J connectivity index is 1.36. The molecule has 9 heteroatoms. The first-order chi connectivity index (χ1) is 18.3. The molecule has 1 atom stereocenters. The van der Waals surface area contributed by atoms with Crippen molar-refractivity contribution in [3.8, 4) is 11.5 Å². The fourth-order valence-corrected chi connectivity index (χ4v) is 5.21. The molecule has 0 heterocycles. The Morgan fingerprint density at radius 1 is 0.947 bits per heavy atom. The van der Waals surface area contributed by atoms with Crippen LogP contribution in [0.15, 0.2) is 96.1 Å². The van der Waals surface area contributed by atoms with Crippen molar-refractivity contribution < 1.29 is 22.7 Å². The summed E-state index contributed by atoms with van der Waals surface area (Å²) in [6.07, 6.45) is 2.53. The van der Waals surface area contributed by atoms with Crippen LogP contribution in [0, 0.1) is 0 Å². The third-order valence-corrected chi connectivity index (χ3v) is 7.20. The molecule has 0 saturated heterocycles. The van der Waals surface area contributed by atoms with Gasteiger partial charge < -0.3 is 9.47 Å². The normalized spacial score (nSPS) is 12.3. The number of carbonyl (C=O) groups excluding carboxylic acids is 1. The maximum absolute atomic E-state index is 12.7. The predicted octanol–water partition coefficient (Wildman–Crippen LogP) is 4.73. The van der Waals surface area contributed by atoms with Gasteiger partial charge in [-0.2, -0.15) is 5.10 Å². The minimum Gasteiger partial charge on any atom is -0.497 e. The SMILES string of the molecule is COc1ccc(N(C(C)C(=O)NN=Cc2ccc(OCc3cccc4ccccc34)cc2)S(C)(=O)=O)cc1. The number of rotatable bonds is 10. The molecule has 0 spiro atoms. The quantitative estimate of drug-likeness (QED) is 0.236. The van der Waals surface area contributed by atoms with E-state index in [1.165, 1.54) is 25.6 Å². The van der Waals surface area contributed by atoms with Gasteiger partial charge in [-0.3, -0.25) is 9.10 Å². The zero-order chi connectivity index (χ0) is 27.1. The first-order valence-electron chi connectivity index (χ1n) is 11.9. The number of benzene rings is 4. The van der Waals surface area contributed by atoms with Crippen LogP contribution in [-0.4, -0.2) is 39.9 Å². The van der Waals surface area contributed by atoms with E-state index in [9.17, 15) is 13.2 Å². The second kappa shape index (κ2) is 11.8. The van der Waals surface area contributed by atoms with Crippen molar-refractivity contribution in [1.82, 2.24) is 5.43 Å². The van der Waals surface area contributed by atoms with Gasteiger partial charge in [0.05, 0.1) is 25.3 Å². The molecule has 8 nitrogen and oxygen atoms in total. The van der Waals surface area contributed by atoms with Crippen molar-refractivity contribution in [1.29, 1.82) is 0 Å². The molecule has 1 amide bonds. The molecule has 0 aliphatic carbocycles. The maximum atomic E-state index is 12.7. The first-order valence-corrected chi connectivity index (χ1v) is 13.8. The lowest BCUT2D eigenvalue weighted by molar-refractivity contribution is -0.121. The highest BCUT2D eigenvalue weighted by Gasteiger charge is 2.29. The Morgan fingerprint density at radius 3 is 2.29 bits per heavy atom. The molecule has 0 saturated carbocycles. The molecule has 0 fully saturated rings. The summed E-state index contributed by atoms with van der Waals surface area (Å²) in [4.78, 5) is 12.7. The number of amides is 1. The number of carbonyl (C=O) groups is 1. The van der Waals surface area contributed by atoms with E-state index in [4.69, 9.17) is 9.47 Å². The highest BCUT2D eigenvalue weighted by molar-refractivity contribution is 7.92. The van der Waals surface area contributed by atoms with Crippen molar-refractivity contribution in [2.75, 3.05) is 17.7 Å². The van der Waals surface area contributed by atoms with Crippen molar-refractivity contribution in [3.05, 3.63) is 102 Å². The van der Waals surface area contributed by atoms with Gasteiger partial charge in [-0.25, -0.2) is 13.8 Å². The highest BCUT2D eigenvalue weighted by Crippen LogP contribution is 2.24. The van der Waals surface area contributed by atoms with Gasteiger partial charge in [0.1, 0.15) is 24.1 Å². The van der Waals surface area contributed by atoms with Gasteiger partial charge in [-0.1, -0.05) is 42.5 Å². The Labute approximate surface area is 222 Å². The second-order valence-corrected chi connectivity index (χ2v) is 10.5. The van der Waals surface area contributed by atoms with Crippen LogP contribution in [-0.2, 0) is 21.4 Å². The number of nitrogens with one attached hydrogen (secondary N) is 1. The van der Waals surface area contributed by atoms with Crippen LogP contribution in [0.1, 0.15) is 18.1 Å². The molecule has 0 bridgehead atoms. The Morgan fingerprint density at radius 2 is 1.61 bits per heavy atom. The lowest BCUT2D eigenvalue weighted by atomic mass is 10.1. The van der Waals surface area contributed by atoms with Crippen molar-refractivity contribution >= 4 is 38.6 Å². The molecule has 4 aromatic rings. The van der Waals surface area contributed by atoms with Gasteiger partial charge in [0, 0.05) is 0 Å². The van der Waals surface area contributed by atoms with Crippen LogP contribution >= 0.6 is 0 Å². The zero-order valence-corrected chi connectivity index (χ0v) is 22.2. The van der Waals surface area contributed by atoms with Gasteiger partial charge in [-0.15, -0.1) is 0 Å². The predicted molar refractivity (Wildman–Crippen MR) is 150 cm³/mol. The number of sulfonamides is 1. The van der Waals surface area contributed by atoms with Crippen LogP contribution in [0.5, 0.6) is 11.5 Å². The number of hydrazone groups is 1. The average molecular weight is 532 g/mol. The van der Waals surface area contributed by atoms with Crippen LogP contribution in [0.2, 0.25) is 0 Å². The molecule has 1 unspecified atom stereocenters. The maximum Gasteiger partial charge on any atom is 0.263 e. The van der Waals surface area contributed by atoms with E-state index < -0.39 is 22.0 Å². The van der Waals surface area contributed by atoms with E-state index in [2.05, 4.69) is 28.7 Å². The Hall–Kier alpha value is -4.37. The summed E-state index contributed by atoms with van der Waals surface area (Å²) < 4.78 is 37.0. The van der Waals surface area contributed by atoms with Crippen LogP contribution < -0.4 is 19.2 Å². The zero-order valence-electron chi connectivity index (χ0n) is 21.4. The number of hydrogen-bond donors (Lipinski definition) is 1. The van der Waals surface area contributed by atoms with Gasteiger partial charge in [-0.05, 0) is 77.4 Å². The molecule has 0 radical (unpaired) electrons. The van der Waals surface area contributed by atoms with Gasteiger partial charge in [0.25, 0.3) is 5.91 Å². The third kappa shape index (κ3) is 6.49. The van der Waals surface area contributed by atoms with Crippen molar-refractivity contribution in [3.63, 3.8) is 0 Å². The molecule has 196 valence electrons. The number of ether oxygens (including phenoxy) is 2. The fraction of sp³-hybridized carbons (Fsp3) is 0.172. The third-order valence-electron chi connectivity index (χ3n) is 5.96. The minimum absolute atomic E-state index is 0.346. The number of fused-ring (bicyclic) bond motifs is 1. The molecule has 1 N–H and O–H groups in total. The Bertz CT molecular complexity index is 1530. The van der Waals surface area contributed by atoms with Gasteiger partial charge in [0.15, 0.2) is 0 Å². The number of hydrogen-bond acceptors (Lipinski definition) is 6. The monoisotopic (exact) mass is 531 g/mol. The summed E-state index contributed by atoms with van der Waals surface area (Å²) in [6.45, 7) is 1.94. The van der Waals surface area contributed by atoms with Crippen molar-refractivity contribution in [2.24, 2.45) is 5.10 Å². The summed E-state index contributed by atoms with van der Waals surface area (Å²) in [7, 11) is -2.22. The Kier molecular flexibility index (Phi) is 8.28. The van der Waals surface area contributed by atoms with E-state index in [1.807, 2.05) is 48.5 Å². The number of nitrogens with zero attached hydrogens (tertiary/aromatic N) is 2. The minimum atomic E-state index is -3.74. The lowest BCUT2D eigenvalue weighted by Crippen LogP contribution is -2.46. The fourth-order valence-electron chi connectivity index (χ4n) is 4.03. The molecular formula is C29H29N3O5S. The second-order valence-electron chi connectivity index (χ2n) is 8.66. The molecule has 4 aromatic carbocycles. The van der Waals surface area contributed by atoms with Gasteiger partial charge in [0.2, 0.25) is 10.0 Å². The van der Waals surface area contributed by atoms with E-state index in [-0.39, 0.29) is 0 Å². The smallest absolute Gasteiger partial charge is 0.263 e. The molecule has 0 aliphatic rings. The van der Waals surface area contributed by atoms with Crippen LogP contribution in [0.3, 0.4) is 0 Å². The summed E-state index contributed by atoms with van der Waals surface area (Å²) in [5.41, 5.74) is 4.61. The topological polar surface area (TPSA) is 97.3 Å². The largest absolute Gasteiger partial charge is 0.497 e. The summed E-state index contributed by atoms with van der Waals surface area (Å²) in [5.74, 6) is 0.711. The molecular weight excluding hydrogens is 502 g/mol. The average Bonchev–Trinajstić information content (AvgIpc) is 2.92. The van der Waals surface area contributed by atoms with Crippen LogP contribution in [0.4, 0.5) is 5.69 Å². The molecule has 38 heavy (non-hydrogen) atoms. The van der Waals surface area contributed by atoms with E-state index in [1.54, 1.807) is 24.3 Å². The van der Waals surface area contributed by atoms with E-state index >= 15 is 0 Å². The summed E-state index contributed by atoms with van der Waals surface area (Å²) in [5, 5.41) is 6.32. The first kappa shape index (κ1) is 26.7.